The standard InChI is InChI=1S/C13H27B/c1-4-6-7-8-9-10-11-12-13(3,14)5-2/h4-12H2,1-3H3. The third-order valence-corrected chi connectivity index (χ3v) is 3.16. The van der Waals surface area contributed by atoms with Gasteiger partial charge >= 0.3 is 0 Å². The van der Waals surface area contributed by atoms with Gasteiger partial charge in [-0.05, 0) is 0 Å². The van der Waals surface area contributed by atoms with E-state index in [0.29, 0.717) is 0 Å². The maximum Gasteiger partial charge on any atom is 0.0742 e. The minimum atomic E-state index is 0.0867. The van der Waals surface area contributed by atoms with E-state index in [-0.39, 0.29) is 5.31 Å². The van der Waals surface area contributed by atoms with Gasteiger partial charge in [0.2, 0.25) is 0 Å². The zero-order valence-electron chi connectivity index (χ0n) is 10.4. The van der Waals surface area contributed by atoms with E-state index in [2.05, 4.69) is 20.8 Å². The van der Waals surface area contributed by atoms with E-state index in [1.54, 1.807) is 0 Å². The molecule has 0 heterocycles. The second-order valence-electron chi connectivity index (χ2n) is 4.88. The van der Waals surface area contributed by atoms with Gasteiger partial charge in [-0.3, -0.25) is 0 Å². The van der Waals surface area contributed by atoms with Crippen molar-refractivity contribution in [1.29, 1.82) is 0 Å². The van der Waals surface area contributed by atoms with Gasteiger partial charge in [0.15, 0.2) is 0 Å². The van der Waals surface area contributed by atoms with Crippen molar-refractivity contribution < 1.29 is 0 Å². The van der Waals surface area contributed by atoms with E-state index in [1.165, 1.54) is 51.4 Å². The molecule has 0 aliphatic rings. The highest BCUT2D eigenvalue weighted by molar-refractivity contribution is 6.14. The van der Waals surface area contributed by atoms with Gasteiger partial charge in [0.05, 0.1) is 7.85 Å². The van der Waals surface area contributed by atoms with E-state index in [0.717, 1.165) is 6.42 Å². The Balaban J connectivity index is 3.13. The fourth-order valence-corrected chi connectivity index (χ4v) is 1.66. The smallest absolute Gasteiger partial charge is 0.0691 e. The van der Waals surface area contributed by atoms with Gasteiger partial charge in [0, 0.05) is 0 Å². The van der Waals surface area contributed by atoms with Gasteiger partial charge in [-0.1, -0.05) is 83.9 Å². The summed E-state index contributed by atoms with van der Waals surface area (Å²) >= 11 is 0. The van der Waals surface area contributed by atoms with Crippen LogP contribution >= 0.6 is 0 Å². The molecule has 0 amide bonds. The molecular weight excluding hydrogens is 167 g/mol. The fraction of sp³-hybridized carbons (Fsp3) is 1.00. The van der Waals surface area contributed by atoms with Crippen LogP contribution in [0.2, 0.25) is 5.31 Å². The quantitative estimate of drug-likeness (QED) is 0.362. The van der Waals surface area contributed by atoms with Crippen LogP contribution in [-0.4, -0.2) is 7.85 Å². The Morgan fingerprint density at radius 1 is 0.857 bits per heavy atom. The molecule has 0 rings (SSSR count). The van der Waals surface area contributed by atoms with Crippen LogP contribution in [0, 0.1) is 0 Å². The van der Waals surface area contributed by atoms with E-state index < -0.39 is 0 Å². The maximum atomic E-state index is 6.08. The molecule has 0 spiro atoms. The molecule has 0 bridgehead atoms. The zero-order chi connectivity index (χ0) is 10.9. The van der Waals surface area contributed by atoms with Crippen LogP contribution in [0.4, 0.5) is 0 Å². The fourth-order valence-electron chi connectivity index (χ4n) is 1.66. The highest BCUT2D eigenvalue weighted by Crippen LogP contribution is 2.31. The molecule has 0 aromatic heterocycles. The topological polar surface area (TPSA) is 0 Å². The molecule has 82 valence electrons. The summed E-state index contributed by atoms with van der Waals surface area (Å²) < 4.78 is 0. The van der Waals surface area contributed by atoms with Crippen molar-refractivity contribution in [2.24, 2.45) is 0 Å². The third kappa shape index (κ3) is 8.65. The van der Waals surface area contributed by atoms with E-state index in [4.69, 9.17) is 7.85 Å². The lowest BCUT2D eigenvalue weighted by atomic mass is 9.65. The number of rotatable bonds is 9. The average molecular weight is 194 g/mol. The molecule has 0 saturated heterocycles. The Hall–Kier alpha value is 0.0649. The summed E-state index contributed by atoms with van der Waals surface area (Å²) in [7, 11) is 6.08. The first-order valence-electron chi connectivity index (χ1n) is 6.41. The van der Waals surface area contributed by atoms with Crippen LogP contribution < -0.4 is 0 Å². The minimum absolute atomic E-state index is 0.0867. The molecule has 1 heteroatoms. The minimum Gasteiger partial charge on any atom is -0.0691 e. The van der Waals surface area contributed by atoms with E-state index in [1.807, 2.05) is 0 Å². The lowest BCUT2D eigenvalue weighted by Crippen LogP contribution is -2.05. The molecule has 0 aromatic rings. The Morgan fingerprint density at radius 3 is 1.86 bits per heavy atom. The largest absolute Gasteiger partial charge is 0.0742 e. The van der Waals surface area contributed by atoms with Crippen LogP contribution in [0.25, 0.3) is 0 Å². The SMILES string of the molecule is [B]C(C)(CC)CCCCCCCCC. The van der Waals surface area contributed by atoms with Crippen molar-refractivity contribution in [3.8, 4) is 0 Å². The summed E-state index contributed by atoms with van der Waals surface area (Å²) in [6.07, 6.45) is 12.0. The molecule has 1 atom stereocenters. The predicted octanol–water partition coefficient (Wildman–Crippen LogP) is 4.88. The lowest BCUT2D eigenvalue weighted by molar-refractivity contribution is 0.489. The van der Waals surface area contributed by atoms with Crippen molar-refractivity contribution >= 4 is 7.85 Å². The third-order valence-electron chi connectivity index (χ3n) is 3.16. The normalized spacial score (nSPS) is 15.4. The second kappa shape index (κ2) is 8.38. The number of hydrogen-bond acceptors (Lipinski definition) is 0. The molecule has 1 unspecified atom stereocenters. The molecule has 0 aliphatic heterocycles. The molecular formula is C13H27B. The Morgan fingerprint density at radius 2 is 1.36 bits per heavy atom. The van der Waals surface area contributed by atoms with Gasteiger partial charge in [0.1, 0.15) is 0 Å². The summed E-state index contributed by atoms with van der Waals surface area (Å²) in [4.78, 5) is 0. The van der Waals surface area contributed by atoms with E-state index in [9.17, 15) is 0 Å². The maximum absolute atomic E-state index is 6.08. The van der Waals surface area contributed by atoms with Gasteiger partial charge in [-0.2, -0.15) is 0 Å². The van der Waals surface area contributed by atoms with Crippen molar-refractivity contribution in [1.82, 2.24) is 0 Å². The van der Waals surface area contributed by atoms with Crippen molar-refractivity contribution in [3.63, 3.8) is 0 Å². The molecule has 0 saturated carbocycles. The molecule has 0 N–H and O–H groups in total. The molecule has 14 heavy (non-hydrogen) atoms. The van der Waals surface area contributed by atoms with Crippen LogP contribution in [0.1, 0.15) is 78.6 Å². The predicted molar refractivity (Wildman–Crippen MR) is 67.0 cm³/mol. The van der Waals surface area contributed by atoms with Gasteiger partial charge in [-0.25, -0.2) is 0 Å². The van der Waals surface area contributed by atoms with Gasteiger partial charge in [0.25, 0.3) is 0 Å². The summed E-state index contributed by atoms with van der Waals surface area (Å²) in [5, 5.41) is 0.0867. The zero-order valence-corrected chi connectivity index (χ0v) is 10.4. The van der Waals surface area contributed by atoms with Gasteiger partial charge < -0.3 is 0 Å². The number of hydrogen-bond donors (Lipinski definition) is 0. The summed E-state index contributed by atoms with van der Waals surface area (Å²) in [6.45, 7) is 6.62. The Bertz CT molecular complexity index is 118. The van der Waals surface area contributed by atoms with Crippen LogP contribution in [-0.2, 0) is 0 Å². The Labute approximate surface area is 92.3 Å². The van der Waals surface area contributed by atoms with Crippen molar-refractivity contribution in [2.45, 2.75) is 83.9 Å². The lowest BCUT2D eigenvalue weighted by Gasteiger charge is -2.22. The second-order valence-corrected chi connectivity index (χ2v) is 4.88. The van der Waals surface area contributed by atoms with Crippen LogP contribution in [0.3, 0.4) is 0 Å². The van der Waals surface area contributed by atoms with Crippen molar-refractivity contribution in [3.05, 3.63) is 0 Å². The average Bonchev–Trinajstić information content (AvgIpc) is 2.16. The van der Waals surface area contributed by atoms with Crippen molar-refractivity contribution in [2.75, 3.05) is 0 Å². The first-order valence-corrected chi connectivity index (χ1v) is 6.41. The number of unbranched alkanes of at least 4 members (excludes halogenated alkanes) is 6. The summed E-state index contributed by atoms with van der Waals surface area (Å²) in [5.74, 6) is 0. The molecule has 2 radical (unpaired) electrons. The first-order chi connectivity index (χ1) is 6.62. The molecule has 0 nitrogen and oxygen atoms in total. The summed E-state index contributed by atoms with van der Waals surface area (Å²) in [6, 6.07) is 0. The molecule has 0 fully saturated rings. The first kappa shape index (κ1) is 14.1. The van der Waals surface area contributed by atoms with Gasteiger partial charge in [-0.15, -0.1) is 0 Å². The summed E-state index contributed by atoms with van der Waals surface area (Å²) in [5.41, 5.74) is 0. The highest BCUT2D eigenvalue weighted by atomic mass is 14.1. The van der Waals surface area contributed by atoms with Crippen LogP contribution in [0.5, 0.6) is 0 Å². The Kier molecular flexibility index (Phi) is 8.42. The van der Waals surface area contributed by atoms with E-state index >= 15 is 0 Å². The molecule has 0 aliphatic carbocycles. The van der Waals surface area contributed by atoms with Crippen LogP contribution in [0.15, 0.2) is 0 Å². The molecule has 0 aromatic carbocycles. The highest BCUT2D eigenvalue weighted by Gasteiger charge is 2.12. The monoisotopic (exact) mass is 194 g/mol.